The average Bonchev–Trinajstić information content (AvgIpc) is 2.36. The molecule has 0 fully saturated rings. The first-order valence-corrected chi connectivity index (χ1v) is 5.62. The SMILES string of the molecule is CCCC1=C(O)NC1(O)C(=O)c1ccccc1. The second kappa shape index (κ2) is 4.22. The Kier molecular flexibility index (Phi) is 2.90. The van der Waals surface area contributed by atoms with Gasteiger partial charge in [-0.3, -0.25) is 4.79 Å². The van der Waals surface area contributed by atoms with E-state index in [1.807, 2.05) is 6.92 Å². The molecule has 3 N–H and O–H groups in total. The van der Waals surface area contributed by atoms with Crippen LogP contribution < -0.4 is 5.32 Å². The number of aliphatic hydroxyl groups excluding tert-OH is 1. The highest BCUT2D eigenvalue weighted by atomic mass is 16.3. The summed E-state index contributed by atoms with van der Waals surface area (Å²) in [7, 11) is 0. The zero-order valence-corrected chi connectivity index (χ0v) is 9.60. The molecule has 1 atom stereocenters. The van der Waals surface area contributed by atoms with Gasteiger partial charge in [-0.2, -0.15) is 0 Å². The third-order valence-electron chi connectivity index (χ3n) is 2.89. The number of rotatable bonds is 4. The molecule has 0 saturated heterocycles. The lowest BCUT2D eigenvalue weighted by atomic mass is 9.86. The van der Waals surface area contributed by atoms with Crippen molar-refractivity contribution in [2.75, 3.05) is 0 Å². The van der Waals surface area contributed by atoms with E-state index in [1.165, 1.54) is 0 Å². The molecule has 0 aliphatic carbocycles. The minimum atomic E-state index is -1.73. The number of carbonyl (C=O) groups excluding carboxylic acids is 1. The van der Waals surface area contributed by atoms with E-state index >= 15 is 0 Å². The van der Waals surface area contributed by atoms with Gasteiger partial charge >= 0.3 is 0 Å². The predicted octanol–water partition coefficient (Wildman–Crippen LogP) is 1.73. The third-order valence-corrected chi connectivity index (χ3v) is 2.89. The summed E-state index contributed by atoms with van der Waals surface area (Å²) in [6.45, 7) is 1.92. The van der Waals surface area contributed by atoms with Crippen LogP contribution in [0, 0.1) is 0 Å². The molecular formula is C13H15NO3. The standard InChI is InChI=1S/C13H15NO3/c1-2-6-10-12(16)14-13(10,17)11(15)9-7-4-3-5-8-9/h3-5,7-8,14,16-17H,2,6H2,1H3. The Morgan fingerprint density at radius 3 is 2.53 bits per heavy atom. The summed E-state index contributed by atoms with van der Waals surface area (Å²) in [4.78, 5) is 12.1. The molecule has 0 aromatic heterocycles. The van der Waals surface area contributed by atoms with Gasteiger partial charge in [0.15, 0.2) is 5.88 Å². The Balaban J connectivity index is 2.28. The fraction of sp³-hybridized carbons (Fsp3) is 0.308. The summed E-state index contributed by atoms with van der Waals surface area (Å²) < 4.78 is 0. The second-order valence-corrected chi connectivity index (χ2v) is 4.11. The maximum absolute atomic E-state index is 12.1. The largest absolute Gasteiger partial charge is 0.495 e. The van der Waals surface area contributed by atoms with Crippen molar-refractivity contribution >= 4 is 5.78 Å². The number of carbonyl (C=O) groups is 1. The highest BCUT2D eigenvalue weighted by Crippen LogP contribution is 2.33. The van der Waals surface area contributed by atoms with Crippen molar-refractivity contribution < 1.29 is 15.0 Å². The average molecular weight is 233 g/mol. The predicted molar refractivity (Wildman–Crippen MR) is 63.4 cm³/mol. The number of benzene rings is 1. The van der Waals surface area contributed by atoms with E-state index in [4.69, 9.17) is 0 Å². The van der Waals surface area contributed by atoms with Crippen molar-refractivity contribution in [2.24, 2.45) is 0 Å². The maximum atomic E-state index is 12.1. The van der Waals surface area contributed by atoms with Gasteiger partial charge in [0, 0.05) is 11.1 Å². The lowest BCUT2D eigenvalue weighted by molar-refractivity contribution is 0.00500. The molecule has 0 spiro atoms. The van der Waals surface area contributed by atoms with Crippen LogP contribution in [0.1, 0.15) is 30.1 Å². The van der Waals surface area contributed by atoms with Gasteiger partial charge in [-0.25, -0.2) is 0 Å². The summed E-state index contributed by atoms with van der Waals surface area (Å²) in [5.41, 5.74) is -0.945. The van der Waals surface area contributed by atoms with Crippen molar-refractivity contribution in [3.63, 3.8) is 0 Å². The van der Waals surface area contributed by atoms with Gasteiger partial charge in [0.2, 0.25) is 11.5 Å². The van der Waals surface area contributed by atoms with Crippen molar-refractivity contribution in [1.82, 2.24) is 5.32 Å². The van der Waals surface area contributed by atoms with E-state index in [2.05, 4.69) is 5.32 Å². The molecule has 1 aliphatic heterocycles. The van der Waals surface area contributed by atoms with Crippen LogP contribution >= 0.6 is 0 Å². The number of aliphatic hydroxyl groups is 2. The van der Waals surface area contributed by atoms with Crippen LogP contribution in [0.2, 0.25) is 0 Å². The number of hydrogen-bond donors (Lipinski definition) is 3. The van der Waals surface area contributed by atoms with Crippen LogP contribution in [0.5, 0.6) is 0 Å². The first-order valence-electron chi connectivity index (χ1n) is 5.62. The Labute approximate surface area is 99.6 Å². The Morgan fingerprint density at radius 1 is 1.35 bits per heavy atom. The third kappa shape index (κ3) is 1.80. The van der Waals surface area contributed by atoms with Crippen molar-refractivity contribution in [1.29, 1.82) is 0 Å². The fourth-order valence-corrected chi connectivity index (χ4v) is 1.97. The van der Waals surface area contributed by atoms with Crippen LogP contribution in [-0.2, 0) is 0 Å². The van der Waals surface area contributed by atoms with Crippen molar-refractivity contribution in [3.8, 4) is 0 Å². The van der Waals surface area contributed by atoms with Gasteiger partial charge < -0.3 is 15.5 Å². The van der Waals surface area contributed by atoms with Gasteiger partial charge in [0.05, 0.1) is 0 Å². The van der Waals surface area contributed by atoms with E-state index in [0.717, 1.165) is 6.42 Å². The number of hydrogen-bond acceptors (Lipinski definition) is 4. The topological polar surface area (TPSA) is 69.6 Å². The first-order chi connectivity index (χ1) is 8.09. The molecule has 0 amide bonds. The van der Waals surface area contributed by atoms with Gasteiger partial charge in [-0.15, -0.1) is 0 Å². The minimum Gasteiger partial charge on any atom is -0.495 e. The molecule has 90 valence electrons. The first kappa shape index (κ1) is 11.7. The minimum absolute atomic E-state index is 0.0846. The van der Waals surface area contributed by atoms with E-state index in [9.17, 15) is 15.0 Å². The molecule has 4 heteroatoms. The van der Waals surface area contributed by atoms with E-state index in [1.54, 1.807) is 30.3 Å². The molecular weight excluding hydrogens is 218 g/mol. The lowest BCUT2D eigenvalue weighted by Crippen LogP contribution is -2.61. The Morgan fingerprint density at radius 2 is 2.00 bits per heavy atom. The maximum Gasteiger partial charge on any atom is 0.231 e. The quantitative estimate of drug-likeness (QED) is 0.693. The summed E-state index contributed by atoms with van der Waals surface area (Å²) in [5, 5.41) is 22.0. The molecule has 1 aromatic rings. The van der Waals surface area contributed by atoms with Crippen LogP contribution in [0.4, 0.5) is 0 Å². The zero-order valence-electron chi connectivity index (χ0n) is 9.60. The van der Waals surface area contributed by atoms with Crippen molar-refractivity contribution in [2.45, 2.75) is 25.5 Å². The van der Waals surface area contributed by atoms with Gasteiger partial charge in [-0.1, -0.05) is 43.7 Å². The lowest BCUT2D eigenvalue weighted by Gasteiger charge is -2.39. The normalized spacial score (nSPS) is 22.9. The fourth-order valence-electron chi connectivity index (χ4n) is 1.97. The van der Waals surface area contributed by atoms with Crippen LogP contribution in [0.3, 0.4) is 0 Å². The number of nitrogens with one attached hydrogen (secondary N) is 1. The smallest absolute Gasteiger partial charge is 0.231 e. The molecule has 1 heterocycles. The second-order valence-electron chi connectivity index (χ2n) is 4.11. The Bertz CT molecular complexity index is 467. The highest BCUT2D eigenvalue weighted by molar-refractivity contribution is 6.05. The molecule has 17 heavy (non-hydrogen) atoms. The van der Waals surface area contributed by atoms with Gasteiger partial charge in [0.25, 0.3) is 0 Å². The molecule has 0 bridgehead atoms. The summed E-state index contributed by atoms with van der Waals surface area (Å²) in [5.74, 6) is -0.516. The molecule has 2 rings (SSSR count). The number of ketones is 1. The molecule has 4 nitrogen and oxygen atoms in total. The van der Waals surface area contributed by atoms with Gasteiger partial charge in [0.1, 0.15) is 0 Å². The number of Topliss-reactive ketones (excluding diaryl/α,β-unsaturated/α-hetero) is 1. The van der Waals surface area contributed by atoms with Gasteiger partial charge in [-0.05, 0) is 6.42 Å². The van der Waals surface area contributed by atoms with E-state index in [0.29, 0.717) is 17.6 Å². The van der Waals surface area contributed by atoms with Crippen LogP contribution in [0.15, 0.2) is 41.8 Å². The molecule has 1 aliphatic rings. The summed E-state index contributed by atoms with van der Waals surface area (Å²) in [6.07, 6.45) is 1.25. The Hall–Kier alpha value is -1.81. The van der Waals surface area contributed by atoms with Crippen LogP contribution in [0.25, 0.3) is 0 Å². The zero-order chi connectivity index (χ0) is 12.5. The summed E-state index contributed by atoms with van der Waals surface area (Å²) in [6, 6.07) is 8.55. The molecule has 1 aromatic carbocycles. The molecule has 0 saturated carbocycles. The highest BCUT2D eigenvalue weighted by Gasteiger charge is 2.49. The van der Waals surface area contributed by atoms with E-state index in [-0.39, 0.29) is 5.88 Å². The van der Waals surface area contributed by atoms with E-state index < -0.39 is 11.5 Å². The van der Waals surface area contributed by atoms with Crippen molar-refractivity contribution in [3.05, 3.63) is 47.4 Å². The summed E-state index contributed by atoms with van der Waals surface area (Å²) >= 11 is 0. The molecule has 1 unspecified atom stereocenters. The van der Waals surface area contributed by atoms with Crippen LogP contribution in [-0.4, -0.2) is 21.7 Å². The molecule has 0 radical (unpaired) electrons. The monoisotopic (exact) mass is 233 g/mol.